The number of rotatable bonds is 5. The van der Waals surface area contributed by atoms with Gasteiger partial charge in [0.1, 0.15) is 5.57 Å². The normalized spacial score (nSPS) is 16.9. The quantitative estimate of drug-likeness (QED) is 0.313. The average molecular weight is 267 g/mol. The Morgan fingerprint density at radius 3 is 2.37 bits per heavy atom. The molecule has 2 N–H and O–H groups in total. The molecule has 1 rings (SSSR count). The third-order valence-corrected chi connectivity index (χ3v) is 3.14. The lowest BCUT2D eigenvalue weighted by Crippen LogP contribution is -2.45. The maximum Gasteiger partial charge on any atom is 0.256 e. The highest BCUT2D eigenvalue weighted by Gasteiger charge is 2.23. The number of piperidine rings is 1. The Kier molecular flexibility index (Phi) is 6.05. The molecule has 1 fully saturated rings. The second kappa shape index (κ2) is 7.56. The van der Waals surface area contributed by atoms with Crippen LogP contribution in [0.25, 0.3) is 0 Å². The first-order chi connectivity index (χ1) is 9.12. The van der Waals surface area contributed by atoms with Crippen molar-refractivity contribution in [3.63, 3.8) is 0 Å². The van der Waals surface area contributed by atoms with Crippen LogP contribution in [0.15, 0.2) is 11.6 Å². The van der Waals surface area contributed by atoms with E-state index in [2.05, 4.69) is 10.6 Å². The van der Waals surface area contributed by atoms with E-state index in [1.54, 1.807) is 11.0 Å². The molecule has 106 valence electrons. The van der Waals surface area contributed by atoms with Gasteiger partial charge in [0, 0.05) is 26.2 Å². The van der Waals surface area contributed by atoms with Crippen molar-refractivity contribution in [2.75, 3.05) is 20.1 Å². The minimum Gasteiger partial charge on any atom is -0.355 e. The Hall–Kier alpha value is -1.85. The molecule has 1 saturated heterocycles. The lowest BCUT2D eigenvalue weighted by Gasteiger charge is -2.29. The number of nitrogens with one attached hydrogen (secondary N) is 2. The molecule has 0 saturated carbocycles. The molecule has 19 heavy (non-hydrogen) atoms. The van der Waals surface area contributed by atoms with Crippen LogP contribution in [0.1, 0.15) is 26.2 Å². The van der Waals surface area contributed by atoms with Crippen molar-refractivity contribution in [1.29, 1.82) is 0 Å². The van der Waals surface area contributed by atoms with E-state index in [1.807, 2.05) is 6.92 Å². The van der Waals surface area contributed by atoms with Gasteiger partial charge in [-0.2, -0.15) is 0 Å². The Labute approximate surface area is 113 Å². The van der Waals surface area contributed by atoms with Gasteiger partial charge in [-0.15, -0.1) is 0 Å². The van der Waals surface area contributed by atoms with E-state index < -0.39 is 0 Å². The van der Waals surface area contributed by atoms with E-state index in [4.69, 9.17) is 0 Å². The molecule has 0 aromatic rings. The maximum atomic E-state index is 12.0. The lowest BCUT2D eigenvalue weighted by molar-refractivity contribution is -0.123. The molecule has 1 heterocycles. The van der Waals surface area contributed by atoms with Crippen molar-refractivity contribution in [2.45, 2.75) is 32.2 Å². The smallest absolute Gasteiger partial charge is 0.256 e. The van der Waals surface area contributed by atoms with Crippen LogP contribution in [0.4, 0.5) is 0 Å². The van der Waals surface area contributed by atoms with Crippen LogP contribution in [0.5, 0.6) is 0 Å². The summed E-state index contributed by atoms with van der Waals surface area (Å²) in [6, 6.07) is 0.0219. The van der Waals surface area contributed by atoms with Gasteiger partial charge in [-0.25, -0.2) is 0 Å². The highest BCUT2D eigenvalue weighted by atomic mass is 16.2. The second-order valence-corrected chi connectivity index (χ2v) is 4.49. The Morgan fingerprint density at radius 1 is 1.26 bits per heavy atom. The summed E-state index contributed by atoms with van der Waals surface area (Å²) in [7, 11) is 1.50. The van der Waals surface area contributed by atoms with Gasteiger partial charge in [-0.05, 0) is 19.3 Å². The average Bonchev–Trinajstić information content (AvgIpc) is 2.44. The number of amides is 3. The van der Waals surface area contributed by atoms with E-state index >= 15 is 0 Å². The predicted octanol–water partition coefficient (Wildman–Crippen LogP) is -0.194. The SMILES string of the molecule is CC/C=C(\C(=O)NC)C(=O)NC1CCN(C=O)CC1. The highest BCUT2D eigenvalue weighted by Crippen LogP contribution is 2.09. The second-order valence-electron chi connectivity index (χ2n) is 4.49. The van der Waals surface area contributed by atoms with Gasteiger partial charge in [-0.1, -0.05) is 13.0 Å². The van der Waals surface area contributed by atoms with Crippen LogP contribution < -0.4 is 10.6 Å². The predicted molar refractivity (Wildman–Crippen MR) is 71.2 cm³/mol. The summed E-state index contributed by atoms with van der Waals surface area (Å²) in [6.45, 7) is 3.15. The summed E-state index contributed by atoms with van der Waals surface area (Å²) < 4.78 is 0. The summed E-state index contributed by atoms with van der Waals surface area (Å²) >= 11 is 0. The van der Waals surface area contributed by atoms with E-state index in [0.717, 1.165) is 19.3 Å². The van der Waals surface area contributed by atoms with Gasteiger partial charge in [0.15, 0.2) is 0 Å². The molecule has 0 atom stereocenters. The van der Waals surface area contributed by atoms with Gasteiger partial charge in [-0.3, -0.25) is 14.4 Å². The third kappa shape index (κ3) is 4.39. The van der Waals surface area contributed by atoms with Crippen LogP contribution in [0.2, 0.25) is 0 Å². The number of allylic oxidation sites excluding steroid dienone is 1. The minimum atomic E-state index is -0.371. The molecule has 0 radical (unpaired) electrons. The fourth-order valence-electron chi connectivity index (χ4n) is 2.04. The monoisotopic (exact) mass is 267 g/mol. The maximum absolute atomic E-state index is 12.0. The molecule has 0 aromatic carbocycles. The van der Waals surface area contributed by atoms with Crippen LogP contribution in [0, 0.1) is 0 Å². The van der Waals surface area contributed by atoms with Crippen molar-refractivity contribution in [1.82, 2.24) is 15.5 Å². The number of likely N-dealkylation sites (tertiary alicyclic amines) is 1. The van der Waals surface area contributed by atoms with Crippen molar-refractivity contribution in [3.05, 3.63) is 11.6 Å². The van der Waals surface area contributed by atoms with Crippen LogP contribution in [-0.2, 0) is 14.4 Å². The summed E-state index contributed by atoms with van der Waals surface area (Å²) in [5, 5.41) is 5.31. The molecule has 3 amide bonds. The number of hydrogen-bond donors (Lipinski definition) is 2. The van der Waals surface area contributed by atoms with Crippen LogP contribution >= 0.6 is 0 Å². The first kappa shape index (κ1) is 15.2. The van der Waals surface area contributed by atoms with Crippen molar-refractivity contribution >= 4 is 18.2 Å². The third-order valence-electron chi connectivity index (χ3n) is 3.14. The lowest BCUT2D eigenvalue weighted by atomic mass is 10.0. The van der Waals surface area contributed by atoms with Gasteiger partial charge in [0.25, 0.3) is 11.8 Å². The highest BCUT2D eigenvalue weighted by molar-refractivity contribution is 6.18. The van der Waals surface area contributed by atoms with E-state index in [-0.39, 0.29) is 23.4 Å². The van der Waals surface area contributed by atoms with Crippen LogP contribution in [-0.4, -0.2) is 49.3 Å². The number of carbonyl (C=O) groups is 3. The van der Waals surface area contributed by atoms with Crippen molar-refractivity contribution < 1.29 is 14.4 Å². The zero-order valence-corrected chi connectivity index (χ0v) is 11.4. The molecule has 0 spiro atoms. The molecule has 1 aliphatic rings. The summed E-state index contributed by atoms with van der Waals surface area (Å²) in [4.78, 5) is 35.9. The van der Waals surface area contributed by atoms with Gasteiger partial charge in [0.05, 0.1) is 0 Å². The van der Waals surface area contributed by atoms with E-state index in [9.17, 15) is 14.4 Å². The first-order valence-corrected chi connectivity index (χ1v) is 6.54. The number of hydrogen-bond acceptors (Lipinski definition) is 3. The molecule has 1 aliphatic heterocycles. The Balaban J connectivity index is 2.56. The summed E-state index contributed by atoms with van der Waals surface area (Å²) in [5.74, 6) is -0.713. The minimum absolute atomic E-state index is 0.0219. The molecule has 0 bridgehead atoms. The Morgan fingerprint density at radius 2 is 1.89 bits per heavy atom. The summed E-state index contributed by atoms with van der Waals surface area (Å²) in [6.07, 6.45) is 4.51. The van der Waals surface area contributed by atoms with E-state index in [1.165, 1.54) is 7.05 Å². The zero-order valence-electron chi connectivity index (χ0n) is 11.4. The van der Waals surface area contributed by atoms with Gasteiger partial charge >= 0.3 is 0 Å². The number of likely N-dealkylation sites (N-methyl/N-ethyl adjacent to an activating group) is 1. The van der Waals surface area contributed by atoms with Crippen molar-refractivity contribution in [2.24, 2.45) is 0 Å². The first-order valence-electron chi connectivity index (χ1n) is 6.54. The standard InChI is InChI=1S/C13H21N3O3/c1-3-4-11(12(18)14-2)13(19)15-10-5-7-16(9-17)8-6-10/h4,9-10H,3,5-8H2,1-2H3,(H,14,18)(H,15,19)/b11-4+. The molecule has 0 aliphatic carbocycles. The molecular formula is C13H21N3O3. The molecule has 6 heteroatoms. The summed E-state index contributed by atoms with van der Waals surface area (Å²) in [5.41, 5.74) is 0.155. The zero-order chi connectivity index (χ0) is 14.3. The number of carbonyl (C=O) groups excluding carboxylic acids is 3. The van der Waals surface area contributed by atoms with E-state index in [0.29, 0.717) is 19.5 Å². The van der Waals surface area contributed by atoms with Crippen LogP contribution in [0.3, 0.4) is 0 Å². The van der Waals surface area contributed by atoms with Gasteiger partial charge in [0.2, 0.25) is 6.41 Å². The Bertz CT molecular complexity index is 371. The number of nitrogens with zero attached hydrogens (tertiary/aromatic N) is 1. The molecule has 0 aromatic heterocycles. The molecule has 6 nitrogen and oxygen atoms in total. The topological polar surface area (TPSA) is 78.5 Å². The van der Waals surface area contributed by atoms with Crippen molar-refractivity contribution in [3.8, 4) is 0 Å². The largest absolute Gasteiger partial charge is 0.355 e. The van der Waals surface area contributed by atoms with Gasteiger partial charge < -0.3 is 15.5 Å². The molecule has 0 unspecified atom stereocenters. The molecular weight excluding hydrogens is 246 g/mol. The fourth-order valence-corrected chi connectivity index (χ4v) is 2.04. The fraction of sp³-hybridized carbons (Fsp3) is 0.615.